The first-order chi connectivity index (χ1) is 7.87. The molecule has 1 saturated carbocycles. The zero-order chi connectivity index (χ0) is 12.9. The van der Waals surface area contributed by atoms with E-state index in [4.69, 9.17) is 4.74 Å². The van der Waals surface area contributed by atoms with Crippen molar-refractivity contribution in [1.82, 2.24) is 5.32 Å². The number of amides is 1. The smallest absolute Gasteiger partial charge is 0.407 e. The Kier molecular flexibility index (Phi) is 5.29. The van der Waals surface area contributed by atoms with Crippen molar-refractivity contribution in [2.24, 2.45) is 11.8 Å². The summed E-state index contributed by atoms with van der Waals surface area (Å²) < 4.78 is 5.19. The van der Waals surface area contributed by atoms with Crippen LogP contribution in [0.3, 0.4) is 0 Å². The van der Waals surface area contributed by atoms with Gasteiger partial charge in [-0.15, -0.1) is 0 Å². The lowest BCUT2D eigenvalue weighted by atomic mass is 9.81. The minimum absolute atomic E-state index is 0.290. The molecular weight excluding hydrogens is 214 g/mol. The molecule has 0 aromatic rings. The third-order valence-corrected chi connectivity index (χ3v) is 3.36. The Morgan fingerprint density at radius 3 is 2.35 bits per heavy atom. The molecule has 0 unspecified atom stereocenters. The van der Waals surface area contributed by atoms with Crippen molar-refractivity contribution in [2.45, 2.75) is 65.4 Å². The molecule has 1 fully saturated rings. The Morgan fingerprint density at radius 2 is 1.82 bits per heavy atom. The van der Waals surface area contributed by atoms with Gasteiger partial charge in [0, 0.05) is 6.54 Å². The number of ether oxygens (including phenoxy) is 1. The molecule has 0 spiro atoms. The quantitative estimate of drug-likeness (QED) is 0.817. The lowest BCUT2D eigenvalue weighted by molar-refractivity contribution is 0.0523. The van der Waals surface area contributed by atoms with Gasteiger partial charge in [-0.25, -0.2) is 4.79 Å². The first-order valence-corrected chi connectivity index (χ1v) is 6.83. The average molecular weight is 241 g/mol. The molecule has 1 N–H and O–H groups in total. The monoisotopic (exact) mass is 241 g/mol. The third kappa shape index (κ3) is 6.54. The summed E-state index contributed by atoms with van der Waals surface area (Å²) >= 11 is 0. The van der Waals surface area contributed by atoms with Crippen LogP contribution in [0.1, 0.15) is 59.8 Å². The highest BCUT2D eigenvalue weighted by Crippen LogP contribution is 2.29. The van der Waals surface area contributed by atoms with E-state index in [9.17, 15) is 4.79 Å². The Hall–Kier alpha value is -0.730. The molecule has 1 aliphatic carbocycles. The Bertz CT molecular complexity index is 237. The van der Waals surface area contributed by atoms with Crippen molar-refractivity contribution in [3.8, 4) is 0 Å². The largest absolute Gasteiger partial charge is 0.444 e. The van der Waals surface area contributed by atoms with Gasteiger partial charge in [0.2, 0.25) is 0 Å². The maximum atomic E-state index is 11.4. The van der Waals surface area contributed by atoms with E-state index in [1.54, 1.807) is 0 Å². The zero-order valence-electron chi connectivity index (χ0n) is 11.7. The minimum atomic E-state index is -0.398. The molecule has 1 aliphatic rings. The SMILES string of the molecule is CC1CCC(CCNC(=O)OC(C)(C)C)CC1. The van der Waals surface area contributed by atoms with E-state index in [1.165, 1.54) is 25.7 Å². The van der Waals surface area contributed by atoms with Gasteiger partial charge >= 0.3 is 6.09 Å². The van der Waals surface area contributed by atoms with E-state index >= 15 is 0 Å². The van der Waals surface area contributed by atoms with E-state index in [0.717, 1.165) is 24.8 Å². The van der Waals surface area contributed by atoms with E-state index in [2.05, 4.69) is 12.2 Å². The van der Waals surface area contributed by atoms with Crippen molar-refractivity contribution in [3.05, 3.63) is 0 Å². The van der Waals surface area contributed by atoms with Crippen molar-refractivity contribution in [3.63, 3.8) is 0 Å². The summed E-state index contributed by atoms with van der Waals surface area (Å²) in [7, 11) is 0. The summed E-state index contributed by atoms with van der Waals surface area (Å²) in [4.78, 5) is 11.4. The molecule has 0 radical (unpaired) electrons. The van der Waals surface area contributed by atoms with Gasteiger partial charge in [0.25, 0.3) is 0 Å². The number of nitrogens with one attached hydrogen (secondary N) is 1. The number of carbonyl (C=O) groups is 1. The summed E-state index contributed by atoms with van der Waals surface area (Å²) in [6.07, 6.45) is 6.12. The molecule has 0 saturated heterocycles. The van der Waals surface area contributed by atoms with Crippen LogP contribution in [-0.4, -0.2) is 18.2 Å². The molecule has 0 bridgehead atoms. The normalized spacial score (nSPS) is 25.4. The van der Waals surface area contributed by atoms with Gasteiger partial charge in [-0.05, 0) is 39.0 Å². The molecule has 3 heteroatoms. The third-order valence-electron chi connectivity index (χ3n) is 3.36. The van der Waals surface area contributed by atoms with Crippen LogP contribution in [0, 0.1) is 11.8 Å². The maximum Gasteiger partial charge on any atom is 0.407 e. The average Bonchev–Trinajstić information content (AvgIpc) is 2.18. The lowest BCUT2D eigenvalue weighted by Crippen LogP contribution is -2.33. The van der Waals surface area contributed by atoms with Crippen LogP contribution in [0.5, 0.6) is 0 Å². The van der Waals surface area contributed by atoms with Crippen molar-refractivity contribution in [1.29, 1.82) is 0 Å². The van der Waals surface area contributed by atoms with Crippen molar-refractivity contribution < 1.29 is 9.53 Å². The first kappa shape index (κ1) is 14.3. The van der Waals surface area contributed by atoms with Crippen LogP contribution in [0.4, 0.5) is 4.79 Å². The fourth-order valence-electron chi connectivity index (χ4n) is 2.31. The molecule has 0 heterocycles. The van der Waals surface area contributed by atoms with Crippen LogP contribution in [0.25, 0.3) is 0 Å². The van der Waals surface area contributed by atoms with Gasteiger partial charge in [-0.2, -0.15) is 0 Å². The van der Waals surface area contributed by atoms with Crippen molar-refractivity contribution in [2.75, 3.05) is 6.54 Å². The highest BCUT2D eigenvalue weighted by atomic mass is 16.6. The van der Waals surface area contributed by atoms with Gasteiger partial charge in [-0.1, -0.05) is 32.6 Å². The summed E-state index contributed by atoms with van der Waals surface area (Å²) in [6, 6.07) is 0. The van der Waals surface area contributed by atoms with Crippen LogP contribution >= 0.6 is 0 Å². The number of hydrogen-bond acceptors (Lipinski definition) is 2. The lowest BCUT2D eigenvalue weighted by Gasteiger charge is -2.26. The molecule has 1 rings (SSSR count). The van der Waals surface area contributed by atoms with E-state index in [1.807, 2.05) is 20.8 Å². The highest BCUT2D eigenvalue weighted by molar-refractivity contribution is 5.67. The van der Waals surface area contributed by atoms with Gasteiger partial charge in [0.1, 0.15) is 5.60 Å². The first-order valence-electron chi connectivity index (χ1n) is 6.83. The van der Waals surface area contributed by atoms with Crippen LogP contribution < -0.4 is 5.32 Å². The predicted molar refractivity (Wildman–Crippen MR) is 70.0 cm³/mol. The second-order valence-corrected chi connectivity index (χ2v) is 6.34. The van der Waals surface area contributed by atoms with E-state index in [0.29, 0.717) is 0 Å². The van der Waals surface area contributed by atoms with Crippen molar-refractivity contribution >= 4 is 6.09 Å². The molecular formula is C14H27NO2. The molecule has 100 valence electrons. The standard InChI is InChI=1S/C14H27NO2/c1-11-5-7-12(8-6-11)9-10-15-13(16)17-14(2,3)4/h11-12H,5-10H2,1-4H3,(H,15,16). The molecule has 0 aromatic heterocycles. The molecule has 1 amide bonds. The number of hydrogen-bond donors (Lipinski definition) is 1. The predicted octanol–water partition coefficient (Wildman–Crippen LogP) is 3.73. The summed E-state index contributed by atoms with van der Waals surface area (Å²) in [5, 5.41) is 2.84. The van der Waals surface area contributed by atoms with Crippen LogP contribution in [-0.2, 0) is 4.74 Å². The summed E-state index contributed by atoms with van der Waals surface area (Å²) in [5.74, 6) is 1.69. The van der Waals surface area contributed by atoms with Gasteiger partial charge in [-0.3, -0.25) is 0 Å². The summed E-state index contributed by atoms with van der Waals surface area (Å²) in [5.41, 5.74) is -0.398. The maximum absolute atomic E-state index is 11.4. The molecule has 0 atom stereocenters. The molecule has 0 aromatic carbocycles. The Labute approximate surface area is 105 Å². The summed E-state index contributed by atoms with van der Waals surface area (Å²) in [6.45, 7) is 8.72. The topological polar surface area (TPSA) is 38.3 Å². The Balaban J connectivity index is 2.09. The van der Waals surface area contributed by atoms with E-state index < -0.39 is 5.60 Å². The number of carbonyl (C=O) groups excluding carboxylic acids is 1. The number of alkyl carbamates (subject to hydrolysis) is 1. The van der Waals surface area contributed by atoms with Gasteiger partial charge in [0.05, 0.1) is 0 Å². The second-order valence-electron chi connectivity index (χ2n) is 6.34. The van der Waals surface area contributed by atoms with Crippen LogP contribution in [0.15, 0.2) is 0 Å². The van der Waals surface area contributed by atoms with Gasteiger partial charge < -0.3 is 10.1 Å². The fourth-order valence-corrected chi connectivity index (χ4v) is 2.31. The Morgan fingerprint density at radius 1 is 1.24 bits per heavy atom. The second kappa shape index (κ2) is 6.27. The van der Waals surface area contributed by atoms with Gasteiger partial charge in [0.15, 0.2) is 0 Å². The van der Waals surface area contributed by atoms with E-state index in [-0.39, 0.29) is 6.09 Å². The molecule has 17 heavy (non-hydrogen) atoms. The fraction of sp³-hybridized carbons (Fsp3) is 0.929. The molecule has 0 aliphatic heterocycles. The zero-order valence-corrected chi connectivity index (χ0v) is 11.7. The minimum Gasteiger partial charge on any atom is -0.444 e. The highest BCUT2D eigenvalue weighted by Gasteiger charge is 2.19. The van der Waals surface area contributed by atoms with Crippen LogP contribution in [0.2, 0.25) is 0 Å². The molecule has 3 nitrogen and oxygen atoms in total. The number of rotatable bonds is 3.